The van der Waals surface area contributed by atoms with E-state index < -0.39 is 0 Å². The zero-order valence-corrected chi connectivity index (χ0v) is 17.4. The van der Waals surface area contributed by atoms with Gasteiger partial charge in [0.2, 0.25) is 5.13 Å². The first-order chi connectivity index (χ1) is 14.1. The van der Waals surface area contributed by atoms with Crippen molar-refractivity contribution in [1.29, 1.82) is 0 Å². The van der Waals surface area contributed by atoms with Gasteiger partial charge in [0.15, 0.2) is 10.1 Å². The molecule has 0 spiro atoms. The van der Waals surface area contributed by atoms with E-state index in [0.717, 1.165) is 10.8 Å². The molecule has 0 saturated carbocycles. The van der Waals surface area contributed by atoms with Crippen molar-refractivity contribution in [1.82, 2.24) is 10.2 Å². The zero-order valence-electron chi connectivity index (χ0n) is 15.0. The lowest BCUT2D eigenvalue weighted by atomic mass is 10.1. The maximum Gasteiger partial charge on any atom is 0.259 e. The van der Waals surface area contributed by atoms with Gasteiger partial charge in [0, 0.05) is 5.56 Å². The third-order valence-electron chi connectivity index (χ3n) is 4.14. The molecule has 0 atom stereocenters. The number of ketones is 1. The van der Waals surface area contributed by atoms with Crippen molar-refractivity contribution in [3.05, 3.63) is 82.9 Å². The standard InChI is InChI=1S/C21H14ClN3O2S2/c22-17-8-4-3-7-16(17)19(27)23-20-24-25-21(29-20)28-12-18(26)15-10-9-13-5-1-2-6-14(13)11-15/h1-11H,12H2,(H,23,24,27). The van der Waals surface area contributed by atoms with Crippen LogP contribution in [0.25, 0.3) is 10.8 Å². The summed E-state index contributed by atoms with van der Waals surface area (Å²) in [5.41, 5.74) is 1.03. The fourth-order valence-corrected chi connectivity index (χ4v) is 4.56. The van der Waals surface area contributed by atoms with Crippen molar-refractivity contribution < 1.29 is 9.59 Å². The van der Waals surface area contributed by atoms with Crippen LogP contribution in [-0.4, -0.2) is 27.6 Å². The van der Waals surface area contributed by atoms with Crippen LogP contribution in [0.3, 0.4) is 0 Å². The van der Waals surface area contributed by atoms with Gasteiger partial charge in [-0.3, -0.25) is 14.9 Å². The number of hydrogen-bond donors (Lipinski definition) is 1. The number of carbonyl (C=O) groups excluding carboxylic acids is 2. The molecular weight excluding hydrogens is 426 g/mol. The predicted molar refractivity (Wildman–Crippen MR) is 118 cm³/mol. The summed E-state index contributed by atoms with van der Waals surface area (Å²) in [7, 11) is 0. The summed E-state index contributed by atoms with van der Waals surface area (Å²) in [5.74, 6) is -0.0982. The fraction of sp³-hybridized carbons (Fsp3) is 0.0476. The Morgan fingerprint density at radius 2 is 1.72 bits per heavy atom. The summed E-state index contributed by atoms with van der Waals surface area (Å²) < 4.78 is 0.605. The maximum absolute atomic E-state index is 12.5. The van der Waals surface area contributed by atoms with Crippen LogP contribution in [-0.2, 0) is 0 Å². The average molecular weight is 440 g/mol. The average Bonchev–Trinajstić information content (AvgIpc) is 3.19. The molecule has 4 rings (SSSR count). The van der Waals surface area contributed by atoms with Gasteiger partial charge < -0.3 is 0 Å². The number of hydrogen-bond acceptors (Lipinski definition) is 6. The predicted octanol–water partition coefficient (Wildman–Crippen LogP) is 5.57. The second-order valence-electron chi connectivity index (χ2n) is 6.08. The first-order valence-electron chi connectivity index (χ1n) is 8.64. The van der Waals surface area contributed by atoms with E-state index in [2.05, 4.69) is 15.5 Å². The number of aromatic nitrogens is 2. The van der Waals surface area contributed by atoms with Crippen LogP contribution in [0.5, 0.6) is 0 Å². The van der Waals surface area contributed by atoms with Crippen molar-refractivity contribution >= 4 is 62.3 Å². The van der Waals surface area contributed by atoms with Gasteiger partial charge >= 0.3 is 0 Å². The number of thioether (sulfide) groups is 1. The number of carbonyl (C=O) groups is 2. The number of amides is 1. The number of benzene rings is 3. The lowest BCUT2D eigenvalue weighted by molar-refractivity contribution is 0.101. The van der Waals surface area contributed by atoms with Crippen molar-refractivity contribution in [2.24, 2.45) is 0 Å². The number of halogens is 1. The van der Waals surface area contributed by atoms with Crippen LogP contribution in [0.15, 0.2) is 71.1 Å². The molecule has 0 radical (unpaired) electrons. The first kappa shape index (κ1) is 19.6. The highest BCUT2D eigenvalue weighted by Gasteiger charge is 2.14. The first-order valence-corrected chi connectivity index (χ1v) is 10.8. The monoisotopic (exact) mass is 439 g/mol. The zero-order chi connectivity index (χ0) is 20.2. The highest BCUT2D eigenvalue weighted by Crippen LogP contribution is 2.27. The molecule has 4 aromatic rings. The van der Waals surface area contributed by atoms with Gasteiger partial charge in [0.1, 0.15) is 0 Å². The summed E-state index contributed by atoms with van der Waals surface area (Å²) in [6.45, 7) is 0. The van der Waals surface area contributed by atoms with Crippen LogP contribution < -0.4 is 5.32 Å². The number of Topliss-reactive ketones (excluding diaryl/α,β-unsaturated/α-hetero) is 1. The molecule has 144 valence electrons. The molecule has 1 aromatic heterocycles. The number of nitrogens with zero attached hydrogens (tertiary/aromatic N) is 2. The maximum atomic E-state index is 12.5. The lowest BCUT2D eigenvalue weighted by Gasteiger charge is -2.03. The van der Waals surface area contributed by atoms with E-state index in [0.29, 0.717) is 25.6 Å². The molecule has 1 N–H and O–H groups in total. The minimum Gasteiger partial charge on any atom is -0.296 e. The molecule has 0 unspecified atom stereocenters. The molecule has 8 heteroatoms. The number of rotatable bonds is 6. The Labute approximate surface area is 180 Å². The Morgan fingerprint density at radius 1 is 0.966 bits per heavy atom. The molecule has 1 heterocycles. The summed E-state index contributed by atoms with van der Waals surface area (Å²) in [6, 6.07) is 20.4. The molecule has 5 nitrogen and oxygen atoms in total. The topological polar surface area (TPSA) is 72.0 Å². The molecule has 0 aliphatic carbocycles. The van der Waals surface area contributed by atoms with E-state index in [1.54, 1.807) is 24.3 Å². The van der Waals surface area contributed by atoms with E-state index in [9.17, 15) is 9.59 Å². The van der Waals surface area contributed by atoms with Crippen LogP contribution in [0, 0.1) is 0 Å². The van der Waals surface area contributed by atoms with E-state index in [-0.39, 0.29) is 17.4 Å². The molecule has 0 bridgehead atoms. The van der Waals surface area contributed by atoms with Gasteiger partial charge in [-0.25, -0.2) is 0 Å². The highest BCUT2D eigenvalue weighted by molar-refractivity contribution is 8.01. The van der Waals surface area contributed by atoms with E-state index >= 15 is 0 Å². The van der Waals surface area contributed by atoms with Gasteiger partial charge in [-0.1, -0.05) is 83.2 Å². The second kappa shape index (κ2) is 8.73. The van der Waals surface area contributed by atoms with Gasteiger partial charge in [-0.2, -0.15) is 0 Å². The smallest absolute Gasteiger partial charge is 0.259 e. The summed E-state index contributed by atoms with van der Waals surface area (Å²) in [5, 5.41) is 13.5. The van der Waals surface area contributed by atoms with Crippen molar-refractivity contribution in [3.8, 4) is 0 Å². The van der Waals surface area contributed by atoms with Gasteiger partial charge in [-0.05, 0) is 29.0 Å². The minimum atomic E-state index is -0.351. The molecule has 0 saturated heterocycles. The largest absolute Gasteiger partial charge is 0.296 e. The Balaban J connectivity index is 1.38. The Kier molecular flexibility index (Phi) is 5.89. The van der Waals surface area contributed by atoms with Crippen LogP contribution in [0.4, 0.5) is 5.13 Å². The molecule has 0 aliphatic heterocycles. The third-order valence-corrected chi connectivity index (χ3v) is 6.45. The quantitative estimate of drug-likeness (QED) is 0.241. The number of anilines is 1. The van der Waals surface area contributed by atoms with Crippen molar-refractivity contribution in [3.63, 3.8) is 0 Å². The lowest BCUT2D eigenvalue weighted by Crippen LogP contribution is -2.12. The SMILES string of the molecule is O=C(CSc1nnc(NC(=O)c2ccccc2Cl)s1)c1ccc2ccccc2c1. The Hall–Kier alpha value is -2.74. The number of fused-ring (bicyclic) bond motifs is 1. The van der Waals surface area contributed by atoms with Gasteiger partial charge in [0.05, 0.1) is 16.3 Å². The summed E-state index contributed by atoms with van der Waals surface area (Å²) in [6.07, 6.45) is 0. The molecule has 29 heavy (non-hydrogen) atoms. The minimum absolute atomic E-state index is 0.0117. The Bertz CT molecular complexity index is 1210. The number of nitrogens with one attached hydrogen (secondary N) is 1. The second-order valence-corrected chi connectivity index (χ2v) is 8.69. The highest BCUT2D eigenvalue weighted by atomic mass is 35.5. The third kappa shape index (κ3) is 4.64. The van der Waals surface area contributed by atoms with Gasteiger partial charge in [-0.15, -0.1) is 10.2 Å². The van der Waals surface area contributed by atoms with Crippen LogP contribution in [0.2, 0.25) is 5.02 Å². The Morgan fingerprint density at radius 3 is 2.55 bits per heavy atom. The molecule has 1 amide bonds. The molecular formula is C21H14ClN3O2S2. The van der Waals surface area contributed by atoms with Crippen molar-refractivity contribution in [2.75, 3.05) is 11.1 Å². The van der Waals surface area contributed by atoms with Crippen molar-refractivity contribution in [2.45, 2.75) is 4.34 Å². The van der Waals surface area contributed by atoms with E-state index in [1.165, 1.54) is 23.1 Å². The molecule has 3 aromatic carbocycles. The molecule has 0 fully saturated rings. The summed E-state index contributed by atoms with van der Waals surface area (Å²) in [4.78, 5) is 24.8. The van der Waals surface area contributed by atoms with E-state index in [4.69, 9.17) is 11.6 Å². The molecule has 0 aliphatic rings. The summed E-state index contributed by atoms with van der Waals surface area (Å²) >= 11 is 8.54. The van der Waals surface area contributed by atoms with Crippen LogP contribution >= 0.6 is 34.7 Å². The normalized spacial score (nSPS) is 10.8. The van der Waals surface area contributed by atoms with Gasteiger partial charge in [0.25, 0.3) is 5.91 Å². The van der Waals surface area contributed by atoms with Crippen LogP contribution in [0.1, 0.15) is 20.7 Å². The fourth-order valence-electron chi connectivity index (χ4n) is 2.70. The van der Waals surface area contributed by atoms with E-state index in [1.807, 2.05) is 42.5 Å².